The molecule has 0 spiro atoms. The molecule has 9 rings (SSSR count). The van der Waals surface area contributed by atoms with E-state index in [1.165, 1.54) is 11.1 Å². The van der Waals surface area contributed by atoms with Crippen LogP contribution in [0, 0.1) is 19.7 Å². The van der Waals surface area contributed by atoms with Gasteiger partial charge in [-0.05, 0) is 143 Å². The van der Waals surface area contributed by atoms with Crippen molar-refractivity contribution in [3.05, 3.63) is 239 Å². The Bertz CT molecular complexity index is 2920. The Morgan fingerprint density at radius 1 is 0.322 bits per heavy atom. The second-order valence-electron chi connectivity index (χ2n) is 15.0. The van der Waals surface area contributed by atoms with Crippen molar-refractivity contribution in [1.82, 2.24) is 0 Å². The van der Waals surface area contributed by atoms with Crippen molar-refractivity contribution >= 4 is 80.0 Å². The maximum atomic E-state index is 15.4. The van der Waals surface area contributed by atoms with Crippen LogP contribution in [0.3, 0.4) is 0 Å². The highest BCUT2D eigenvalue weighted by atomic mass is 19.1. The third-order valence-corrected chi connectivity index (χ3v) is 10.8. The molecule has 0 fully saturated rings. The van der Waals surface area contributed by atoms with Crippen LogP contribution in [-0.4, -0.2) is 0 Å². The van der Waals surface area contributed by atoms with Crippen LogP contribution in [0.25, 0.3) is 45.8 Å². The number of benzene rings is 9. The van der Waals surface area contributed by atoms with Crippen molar-refractivity contribution in [1.29, 1.82) is 0 Å². The van der Waals surface area contributed by atoms with Crippen LogP contribution in [0.2, 0.25) is 0 Å². The summed E-state index contributed by atoms with van der Waals surface area (Å²) < 4.78 is 15.4. The highest BCUT2D eigenvalue weighted by Crippen LogP contribution is 2.37. The van der Waals surface area contributed by atoms with E-state index in [-0.39, 0.29) is 5.82 Å². The van der Waals surface area contributed by atoms with Gasteiger partial charge in [0.2, 0.25) is 0 Å². The Balaban J connectivity index is 0.967. The minimum absolute atomic E-state index is 0.214. The fraction of sp³-hybridized carbons (Fsp3) is 0.0357. The SMILES string of the molecule is Cc1ccc(N(c2ccccc2)c2ccc(/C=C\c3ccc4cc(F)c5ccc(/C=C\c6ccc(N(c7ccccc7)c7ccc(C)cc7)cc6)cc5c4c3)cc2)cc1. The first-order valence-electron chi connectivity index (χ1n) is 20.0. The van der Waals surface area contributed by atoms with E-state index in [1.807, 2.05) is 30.3 Å². The van der Waals surface area contributed by atoms with Gasteiger partial charge in [-0.25, -0.2) is 4.39 Å². The Morgan fingerprint density at radius 3 is 1.14 bits per heavy atom. The van der Waals surface area contributed by atoms with Crippen molar-refractivity contribution in [3.8, 4) is 0 Å². The van der Waals surface area contributed by atoms with Gasteiger partial charge in [-0.15, -0.1) is 0 Å². The molecule has 0 aliphatic rings. The smallest absolute Gasteiger partial charge is 0.131 e. The molecular weight excluding hydrogens is 720 g/mol. The van der Waals surface area contributed by atoms with E-state index in [9.17, 15) is 0 Å². The first-order valence-corrected chi connectivity index (χ1v) is 20.0. The van der Waals surface area contributed by atoms with Crippen LogP contribution in [0.4, 0.5) is 38.5 Å². The summed E-state index contributed by atoms with van der Waals surface area (Å²) in [6.07, 6.45) is 8.48. The van der Waals surface area contributed by atoms with E-state index < -0.39 is 0 Å². The number of anilines is 6. The number of aryl methyl sites for hydroxylation is 2. The van der Waals surface area contributed by atoms with E-state index in [0.29, 0.717) is 5.39 Å². The lowest BCUT2D eigenvalue weighted by molar-refractivity contribution is 0.641. The second-order valence-corrected chi connectivity index (χ2v) is 15.0. The lowest BCUT2D eigenvalue weighted by Gasteiger charge is -2.25. The van der Waals surface area contributed by atoms with E-state index in [4.69, 9.17) is 0 Å². The number of nitrogens with zero attached hydrogens (tertiary/aromatic N) is 2. The monoisotopic (exact) mass is 762 g/mol. The average molecular weight is 763 g/mol. The van der Waals surface area contributed by atoms with Crippen LogP contribution in [0.5, 0.6) is 0 Å². The first kappa shape index (κ1) is 37.1. The molecule has 0 aromatic heterocycles. The topological polar surface area (TPSA) is 6.48 Å². The summed E-state index contributed by atoms with van der Waals surface area (Å²) in [7, 11) is 0. The van der Waals surface area contributed by atoms with Crippen molar-refractivity contribution in [2.24, 2.45) is 0 Å². The quantitative estimate of drug-likeness (QED) is 0.101. The van der Waals surface area contributed by atoms with Gasteiger partial charge in [0.25, 0.3) is 0 Å². The summed E-state index contributed by atoms with van der Waals surface area (Å²) in [6, 6.07) is 69.2. The van der Waals surface area contributed by atoms with Crippen LogP contribution >= 0.6 is 0 Å². The van der Waals surface area contributed by atoms with E-state index in [0.717, 1.165) is 72.5 Å². The van der Waals surface area contributed by atoms with Gasteiger partial charge in [-0.3, -0.25) is 0 Å². The Labute approximate surface area is 346 Å². The molecule has 0 atom stereocenters. The van der Waals surface area contributed by atoms with Gasteiger partial charge in [0.05, 0.1) is 0 Å². The Kier molecular flexibility index (Phi) is 10.4. The van der Waals surface area contributed by atoms with Gasteiger partial charge >= 0.3 is 0 Å². The van der Waals surface area contributed by atoms with E-state index >= 15 is 4.39 Å². The van der Waals surface area contributed by atoms with Crippen LogP contribution < -0.4 is 9.80 Å². The summed E-state index contributed by atoms with van der Waals surface area (Å²) in [5.41, 5.74) is 13.3. The van der Waals surface area contributed by atoms with E-state index in [1.54, 1.807) is 6.07 Å². The van der Waals surface area contributed by atoms with Crippen LogP contribution in [0.15, 0.2) is 200 Å². The standard InChI is InChI=1S/C56H43FN2/c1-40-13-28-49(29-14-40)58(47-9-5-3-6-10-47)51-32-22-42(23-33-51)17-19-44-21-27-46-39-56(57)53-36-26-45(38-55(53)54(46)37-44)20-18-43-24-34-52(35-25-43)59(48-11-7-4-8-12-48)50-30-15-41(2)16-31-50/h3-39H,1-2H3/b19-17-,20-18-. The van der Waals surface area contributed by atoms with Gasteiger partial charge in [-0.1, -0.05) is 145 Å². The third-order valence-electron chi connectivity index (χ3n) is 10.8. The fourth-order valence-electron chi connectivity index (χ4n) is 7.64. The molecule has 0 heterocycles. The molecule has 0 unspecified atom stereocenters. The normalized spacial score (nSPS) is 11.5. The lowest BCUT2D eigenvalue weighted by atomic mass is 9.97. The molecule has 9 aromatic rings. The lowest BCUT2D eigenvalue weighted by Crippen LogP contribution is -2.09. The zero-order valence-corrected chi connectivity index (χ0v) is 33.1. The molecule has 284 valence electrons. The molecule has 0 saturated heterocycles. The van der Waals surface area contributed by atoms with Gasteiger partial charge in [-0.2, -0.15) is 0 Å². The van der Waals surface area contributed by atoms with Crippen molar-refractivity contribution in [2.45, 2.75) is 13.8 Å². The minimum atomic E-state index is -0.214. The van der Waals surface area contributed by atoms with Crippen LogP contribution in [-0.2, 0) is 0 Å². The van der Waals surface area contributed by atoms with Gasteiger partial charge in [0.1, 0.15) is 5.82 Å². The Morgan fingerprint density at radius 2 is 0.678 bits per heavy atom. The summed E-state index contributed by atoms with van der Waals surface area (Å²) in [5.74, 6) is -0.214. The zero-order chi connectivity index (χ0) is 40.1. The van der Waals surface area contributed by atoms with Gasteiger partial charge < -0.3 is 9.80 Å². The average Bonchev–Trinajstić information content (AvgIpc) is 3.28. The minimum Gasteiger partial charge on any atom is -0.311 e. The number of para-hydroxylation sites is 2. The van der Waals surface area contributed by atoms with Crippen molar-refractivity contribution in [2.75, 3.05) is 9.80 Å². The molecule has 0 saturated carbocycles. The number of halogens is 1. The maximum absolute atomic E-state index is 15.4. The first-order chi connectivity index (χ1) is 28.9. The Hall–Kier alpha value is -7.49. The summed E-state index contributed by atoms with van der Waals surface area (Å²) in [6.45, 7) is 4.22. The molecule has 59 heavy (non-hydrogen) atoms. The highest BCUT2D eigenvalue weighted by Gasteiger charge is 2.14. The van der Waals surface area contributed by atoms with Crippen molar-refractivity contribution in [3.63, 3.8) is 0 Å². The zero-order valence-electron chi connectivity index (χ0n) is 33.1. The third kappa shape index (κ3) is 8.18. The molecule has 9 aromatic carbocycles. The molecule has 0 N–H and O–H groups in total. The number of fused-ring (bicyclic) bond motifs is 3. The number of rotatable bonds is 10. The molecule has 3 heteroatoms. The molecule has 0 aliphatic carbocycles. The van der Waals surface area contributed by atoms with Crippen molar-refractivity contribution < 1.29 is 4.39 Å². The largest absolute Gasteiger partial charge is 0.311 e. The summed E-state index contributed by atoms with van der Waals surface area (Å²) in [5, 5.41) is 3.41. The molecule has 2 nitrogen and oxygen atoms in total. The fourth-order valence-corrected chi connectivity index (χ4v) is 7.64. The highest BCUT2D eigenvalue weighted by molar-refractivity contribution is 6.09. The molecule has 0 aliphatic heterocycles. The molecule has 0 radical (unpaired) electrons. The summed E-state index contributed by atoms with van der Waals surface area (Å²) >= 11 is 0. The molecule has 0 bridgehead atoms. The molecule has 0 amide bonds. The van der Waals surface area contributed by atoms with E-state index in [2.05, 4.69) is 212 Å². The van der Waals surface area contributed by atoms with Gasteiger partial charge in [0.15, 0.2) is 0 Å². The van der Waals surface area contributed by atoms with Gasteiger partial charge in [0, 0.05) is 39.5 Å². The van der Waals surface area contributed by atoms with Crippen LogP contribution in [0.1, 0.15) is 33.4 Å². The predicted molar refractivity (Wildman–Crippen MR) is 251 cm³/mol. The second kappa shape index (κ2) is 16.5. The summed E-state index contributed by atoms with van der Waals surface area (Å²) in [4.78, 5) is 4.54. The number of hydrogen-bond donors (Lipinski definition) is 0. The maximum Gasteiger partial charge on any atom is 0.131 e. The molecular formula is C56H43FN2. The predicted octanol–water partition coefficient (Wildman–Crippen LogP) is 16.0. The number of hydrogen-bond acceptors (Lipinski definition) is 2.